The maximum Gasteiger partial charge on any atom is 0.240 e. The minimum absolute atomic E-state index is 0.121. The Morgan fingerprint density at radius 2 is 2.10 bits per heavy atom. The first kappa shape index (κ1) is 15.0. The predicted octanol–water partition coefficient (Wildman–Crippen LogP) is 1.58. The average molecular weight is 276 g/mol. The van der Waals surface area contributed by atoms with E-state index in [2.05, 4.69) is 17.4 Å². The fraction of sp³-hybridized carbons (Fsp3) is 0.562. The van der Waals surface area contributed by atoms with Crippen LogP contribution in [0, 0.1) is 0 Å². The number of benzene rings is 1. The summed E-state index contributed by atoms with van der Waals surface area (Å²) in [6.45, 7) is 6.08. The van der Waals surface area contributed by atoms with Gasteiger partial charge in [-0.05, 0) is 31.4 Å². The van der Waals surface area contributed by atoms with Crippen LogP contribution in [0.25, 0.3) is 0 Å². The summed E-state index contributed by atoms with van der Waals surface area (Å²) in [6.07, 6.45) is 0.769. The van der Waals surface area contributed by atoms with E-state index >= 15 is 0 Å². The fourth-order valence-electron chi connectivity index (χ4n) is 2.64. The predicted molar refractivity (Wildman–Crippen MR) is 79.5 cm³/mol. The molecule has 1 atom stereocenters. The topological polar surface area (TPSA) is 41.6 Å². The zero-order valence-electron chi connectivity index (χ0n) is 12.6. The second-order valence-electron chi connectivity index (χ2n) is 5.52. The number of nitrogens with one attached hydrogen (secondary N) is 1. The van der Waals surface area contributed by atoms with Crippen molar-refractivity contribution in [2.24, 2.45) is 0 Å². The van der Waals surface area contributed by atoms with Gasteiger partial charge < -0.3 is 15.0 Å². The summed E-state index contributed by atoms with van der Waals surface area (Å²) in [5, 5.41) is 3.35. The van der Waals surface area contributed by atoms with Gasteiger partial charge in [-0.3, -0.25) is 4.79 Å². The van der Waals surface area contributed by atoms with Crippen molar-refractivity contribution in [1.29, 1.82) is 0 Å². The number of hydrogen-bond donors (Lipinski definition) is 1. The molecule has 0 aromatic heterocycles. The van der Waals surface area contributed by atoms with Crippen LogP contribution in [0.1, 0.15) is 25.0 Å². The third kappa shape index (κ3) is 3.38. The summed E-state index contributed by atoms with van der Waals surface area (Å²) < 4.78 is 5.10. The molecule has 1 unspecified atom stereocenters. The molecule has 0 saturated carbocycles. The molecule has 1 aliphatic heterocycles. The van der Waals surface area contributed by atoms with Crippen LogP contribution in [0.3, 0.4) is 0 Å². The van der Waals surface area contributed by atoms with E-state index in [-0.39, 0.29) is 18.0 Å². The molecule has 0 saturated heterocycles. The van der Waals surface area contributed by atoms with Crippen molar-refractivity contribution in [1.82, 2.24) is 10.2 Å². The van der Waals surface area contributed by atoms with Crippen LogP contribution in [-0.2, 0) is 22.5 Å². The van der Waals surface area contributed by atoms with E-state index in [1.54, 1.807) is 7.11 Å². The van der Waals surface area contributed by atoms with Crippen molar-refractivity contribution in [3.8, 4) is 0 Å². The standard InChI is InChI=1S/C16H24N2O2/c1-12(2)18(8-9-20-3)16(19)15-10-13-6-4-5-7-14(13)11-17-15/h4-7,12,15,17H,8-11H2,1-3H3. The highest BCUT2D eigenvalue weighted by Gasteiger charge is 2.28. The van der Waals surface area contributed by atoms with Gasteiger partial charge in [0.2, 0.25) is 5.91 Å². The molecule has 20 heavy (non-hydrogen) atoms. The molecule has 1 amide bonds. The molecule has 0 radical (unpaired) electrons. The Morgan fingerprint density at radius 3 is 2.75 bits per heavy atom. The lowest BCUT2D eigenvalue weighted by atomic mass is 9.95. The van der Waals surface area contributed by atoms with Crippen LogP contribution in [0.15, 0.2) is 24.3 Å². The molecule has 1 aromatic rings. The number of nitrogens with zero attached hydrogens (tertiary/aromatic N) is 1. The van der Waals surface area contributed by atoms with Crippen LogP contribution in [-0.4, -0.2) is 43.2 Å². The second-order valence-corrected chi connectivity index (χ2v) is 5.52. The van der Waals surface area contributed by atoms with E-state index in [0.717, 1.165) is 13.0 Å². The molecule has 1 aliphatic rings. The summed E-state index contributed by atoms with van der Waals surface area (Å²) in [5.74, 6) is 0.173. The first-order valence-corrected chi connectivity index (χ1v) is 7.23. The van der Waals surface area contributed by atoms with E-state index in [0.29, 0.717) is 13.2 Å². The SMILES string of the molecule is COCCN(C(=O)C1Cc2ccccc2CN1)C(C)C. The Balaban J connectivity index is 2.06. The summed E-state index contributed by atoms with van der Waals surface area (Å²) in [4.78, 5) is 14.6. The Morgan fingerprint density at radius 1 is 1.40 bits per heavy atom. The molecule has 1 heterocycles. The molecular weight excluding hydrogens is 252 g/mol. The average Bonchev–Trinajstić information content (AvgIpc) is 2.46. The Bertz CT molecular complexity index is 460. The molecule has 4 nitrogen and oxygen atoms in total. The van der Waals surface area contributed by atoms with E-state index in [1.165, 1.54) is 11.1 Å². The van der Waals surface area contributed by atoms with Gasteiger partial charge in [0.05, 0.1) is 12.6 Å². The van der Waals surface area contributed by atoms with E-state index in [4.69, 9.17) is 4.74 Å². The minimum atomic E-state index is -0.121. The Labute approximate surface area is 121 Å². The highest BCUT2D eigenvalue weighted by molar-refractivity contribution is 5.83. The summed E-state index contributed by atoms with van der Waals surface area (Å²) in [5.41, 5.74) is 2.57. The van der Waals surface area contributed by atoms with Gasteiger partial charge in [0.1, 0.15) is 0 Å². The van der Waals surface area contributed by atoms with Gasteiger partial charge in [-0.1, -0.05) is 24.3 Å². The molecule has 0 fully saturated rings. The van der Waals surface area contributed by atoms with Gasteiger partial charge >= 0.3 is 0 Å². The highest BCUT2D eigenvalue weighted by atomic mass is 16.5. The molecule has 0 spiro atoms. The van der Waals surface area contributed by atoms with Crippen molar-refractivity contribution in [2.75, 3.05) is 20.3 Å². The largest absolute Gasteiger partial charge is 0.383 e. The number of ether oxygens (including phenoxy) is 1. The number of rotatable bonds is 5. The number of fused-ring (bicyclic) bond motifs is 1. The van der Waals surface area contributed by atoms with Crippen LogP contribution in [0.2, 0.25) is 0 Å². The molecule has 0 aliphatic carbocycles. The first-order chi connectivity index (χ1) is 9.63. The van der Waals surface area contributed by atoms with Crippen LogP contribution >= 0.6 is 0 Å². The molecular formula is C16H24N2O2. The maximum atomic E-state index is 12.7. The van der Waals surface area contributed by atoms with Crippen LogP contribution in [0.5, 0.6) is 0 Å². The molecule has 110 valence electrons. The lowest BCUT2D eigenvalue weighted by Crippen LogP contribution is -2.52. The van der Waals surface area contributed by atoms with E-state index < -0.39 is 0 Å². The van der Waals surface area contributed by atoms with Gasteiger partial charge in [0, 0.05) is 26.2 Å². The van der Waals surface area contributed by atoms with Gasteiger partial charge in [0.15, 0.2) is 0 Å². The molecule has 0 bridgehead atoms. The zero-order chi connectivity index (χ0) is 14.5. The summed E-state index contributed by atoms with van der Waals surface area (Å²) >= 11 is 0. The number of amides is 1. The minimum Gasteiger partial charge on any atom is -0.383 e. The lowest BCUT2D eigenvalue weighted by molar-refractivity contribution is -0.136. The number of carbonyl (C=O) groups is 1. The van der Waals surface area contributed by atoms with Crippen molar-refractivity contribution in [3.05, 3.63) is 35.4 Å². The van der Waals surface area contributed by atoms with Gasteiger partial charge in [-0.2, -0.15) is 0 Å². The lowest BCUT2D eigenvalue weighted by Gasteiger charge is -2.33. The molecule has 1 aromatic carbocycles. The molecule has 1 N–H and O–H groups in total. The van der Waals surface area contributed by atoms with Gasteiger partial charge in [0.25, 0.3) is 0 Å². The Hall–Kier alpha value is -1.39. The van der Waals surface area contributed by atoms with Crippen molar-refractivity contribution in [3.63, 3.8) is 0 Å². The zero-order valence-corrected chi connectivity index (χ0v) is 12.6. The van der Waals surface area contributed by atoms with Crippen molar-refractivity contribution in [2.45, 2.75) is 38.9 Å². The number of methoxy groups -OCH3 is 1. The monoisotopic (exact) mass is 276 g/mol. The van der Waals surface area contributed by atoms with Crippen LogP contribution in [0.4, 0.5) is 0 Å². The molecule has 2 rings (SSSR count). The van der Waals surface area contributed by atoms with Crippen molar-refractivity contribution >= 4 is 5.91 Å². The third-order valence-corrected chi connectivity index (χ3v) is 3.82. The summed E-state index contributed by atoms with van der Waals surface area (Å²) in [6, 6.07) is 8.39. The highest BCUT2D eigenvalue weighted by Crippen LogP contribution is 2.18. The number of carbonyl (C=O) groups excluding carboxylic acids is 1. The molecule has 4 heteroatoms. The second kappa shape index (κ2) is 6.86. The van der Waals surface area contributed by atoms with Gasteiger partial charge in [-0.25, -0.2) is 0 Å². The summed E-state index contributed by atoms with van der Waals surface area (Å²) in [7, 11) is 1.66. The first-order valence-electron chi connectivity index (χ1n) is 7.23. The Kier molecular flexibility index (Phi) is 5.15. The quantitative estimate of drug-likeness (QED) is 0.888. The maximum absolute atomic E-state index is 12.7. The van der Waals surface area contributed by atoms with Crippen LogP contribution < -0.4 is 5.32 Å². The van der Waals surface area contributed by atoms with Gasteiger partial charge in [-0.15, -0.1) is 0 Å². The number of hydrogen-bond acceptors (Lipinski definition) is 3. The fourth-order valence-corrected chi connectivity index (χ4v) is 2.64. The van der Waals surface area contributed by atoms with E-state index in [1.807, 2.05) is 30.9 Å². The van der Waals surface area contributed by atoms with E-state index in [9.17, 15) is 4.79 Å². The normalized spacial score (nSPS) is 17.9. The third-order valence-electron chi connectivity index (χ3n) is 3.82. The van der Waals surface area contributed by atoms with Crippen molar-refractivity contribution < 1.29 is 9.53 Å². The smallest absolute Gasteiger partial charge is 0.240 e.